The molecule has 2 rings (SSSR count). The van der Waals surface area contributed by atoms with Crippen LogP contribution in [0.25, 0.3) is 5.82 Å². The van der Waals surface area contributed by atoms with E-state index in [2.05, 4.69) is 20.0 Å². The van der Waals surface area contributed by atoms with Gasteiger partial charge >= 0.3 is 0 Å². The molecule has 0 aliphatic carbocycles. The molecule has 2 heterocycles. The van der Waals surface area contributed by atoms with Crippen LogP contribution in [0.4, 0.5) is 0 Å². The van der Waals surface area contributed by atoms with Crippen molar-refractivity contribution in [3.63, 3.8) is 0 Å². The molecule has 90 valence electrons. The fraction of sp³-hybridized carbons (Fsp3) is 0.364. The van der Waals surface area contributed by atoms with Crippen molar-refractivity contribution in [1.29, 1.82) is 0 Å². The highest BCUT2D eigenvalue weighted by molar-refractivity contribution is 6.32. The molecule has 0 spiro atoms. The Morgan fingerprint density at radius 3 is 2.82 bits per heavy atom. The molecule has 0 fully saturated rings. The molecule has 17 heavy (non-hydrogen) atoms. The van der Waals surface area contributed by atoms with Crippen LogP contribution < -0.4 is 0 Å². The van der Waals surface area contributed by atoms with Crippen LogP contribution >= 0.6 is 11.6 Å². The van der Waals surface area contributed by atoms with Crippen molar-refractivity contribution in [1.82, 2.24) is 24.6 Å². The lowest BCUT2D eigenvalue weighted by Gasteiger charge is -2.07. The summed E-state index contributed by atoms with van der Waals surface area (Å²) in [6.07, 6.45) is 4.97. The largest absolute Gasteiger partial charge is 0.305 e. The molecule has 0 amide bonds. The third-order valence-electron chi connectivity index (χ3n) is 2.35. The van der Waals surface area contributed by atoms with E-state index in [0.29, 0.717) is 10.8 Å². The molecule has 0 unspecified atom stereocenters. The van der Waals surface area contributed by atoms with Crippen LogP contribution in [0.1, 0.15) is 11.3 Å². The van der Waals surface area contributed by atoms with Crippen molar-refractivity contribution in [3.05, 3.63) is 35.0 Å². The van der Waals surface area contributed by atoms with Crippen molar-refractivity contribution in [3.8, 4) is 5.82 Å². The third-order valence-corrected chi connectivity index (χ3v) is 2.62. The highest BCUT2D eigenvalue weighted by Crippen LogP contribution is 2.17. The van der Waals surface area contributed by atoms with Crippen LogP contribution in [0.5, 0.6) is 0 Å². The standard InChI is InChI=1S/C11H14ClN5/c1-8-9(5-16(2)3)6-17(15-8)11-10(12)4-13-7-14-11/h4,6-7H,5H2,1-3H3. The first-order valence-corrected chi connectivity index (χ1v) is 5.61. The van der Waals surface area contributed by atoms with Gasteiger partial charge < -0.3 is 4.90 Å². The van der Waals surface area contributed by atoms with Gasteiger partial charge in [0, 0.05) is 18.3 Å². The maximum absolute atomic E-state index is 6.03. The highest BCUT2D eigenvalue weighted by Gasteiger charge is 2.10. The quantitative estimate of drug-likeness (QED) is 0.833. The second kappa shape index (κ2) is 4.81. The maximum Gasteiger partial charge on any atom is 0.175 e. The smallest absolute Gasteiger partial charge is 0.175 e. The minimum absolute atomic E-state index is 0.492. The molecule has 0 saturated carbocycles. The zero-order chi connectivity index (χ0) is 12.4. The second-order valence-electron chi connectivity index (χ2n) is 4.12. The normalized spacial score (nSPS) is 11.1. The first-order chi connectivity index (χ1) is 8.08. The molecule has 2 aromatic rings. The molecule has 0 aromatic carbocycles. The number of aromatic nitrogens is 4. The van der Waals surface area contributed by atoms with E-state index in [9.17, 15) is 0 Å². The number of aryl methyl sites for hydroxylation is 1. The summed E-state index contributed by atoms with van der Waals surface area (Å²) in [4.78, 5) is 10.1. The van der Waals surface area contributed by atoms with Gasteiger partial charge in [0.25, 0.3) is 0 Å². The van der Waals surface area contributed by atoms with Gasteiger partial charge in [-0.1, -0.05) is 11.6 Å². The van der Waals surface area contributed by atoms with Gasteiger partial charge in [0.1, 0.15) is 11.3 Å². The van der Waals surface area contributed by atoms with Gasteiger partial charge in [0.2, 0.25) is 0 Å². The number of halogens is 1. The topological polar surface area (TPSA) is 46.8 Å². The molecule has 0 saturated heterocycles. The first-order valence-electron chi connectivity index (χ1n) is 5.23. The molecular weight excluding hydrogens is 238 g/mol. The van der Waals surface area contributed by atoms with Gasteiger partial charge in [-0.15, -0.1) is 0 Å². The number of hydrogen-bond donors (Lipinski definition) is 0. The average molecular weight is 252 g/mol. The molecule has 0 aliphatic rings. The van der Waals surface area contributed by atoms with E-state index < -0.39 is 0 Å². The fourth-order valence-corrected chi connectivity index (χ4v) is 1.77. The Balaban J connectivity index is 2.38. The molecule has 0 N–H and O–H groups in total. The maximum atomic E-state index is 6.03. The van der Waals surface area contributed by atoms with E-state index in [0.717, 1.165) is 17.8 Å². The summed E-state index contributed by atoms with van der Waals surface area (Å²) >= 11 is 6.03. The van der Waals surface area contributed by atoms with Crippen LogP contribution in [0, 0.1) is 6.92 Å². The molecule has 0 aliphatic heterocycles. The molecule has 2 aromatic heterocycles. The lowest BCUT2D eigenvalue weighted by Crippen LogP contribution is -2.10. The second-order valence-corrected chi connectivity index (χ2v) is 4.52. The van der Waals surface area contributed by atoms with Crippen LogP contribution in [-0.2, 0) is 6.54 Å². The minimum atomic E-state index is 0.492. The van der Waals surface area contributed by atoms with Crippen molar-refractivity contribution in [2.45, 2.75) is 13.5 Å². The van der Waals surface area contributed by atoms with E-state index in [1.165, 1.54) is 6.33 Å². The Labute approximate surface area is 105 Å². The van der Waals surface area contributed by atoms with Gasteiger partial charge in [-0.2, -0.15) is 5.10 Å². The molecule has 6 heteroatoms. The van der Waals surface area contributed by atoms with E-state index in [1.54, 1.807) is 10.9 Å². The van der Waals surface area contributed by atoms with Crippen molar-refractivity contribution in [2.24, 2.45) is 0 Å². The Kier molecular flexibility index (Phi) is 3.40. The monoisotopic (exact) mass is 251 g/mol. The van der Waals surface area contributed by atoms with Gasteiger partial charge in [0.05, 0.1) is 11.9 Å². The molecule has 0 atom stereocenters. The summed E-state index contributed by atoms with van der Waals surface area (Å²) in [6.45, 7) is 2.82. The summed E-state index contributed by atoms with van der Waals surface area (Å²) in [7, 11) is 4.04. The van der Waals surface area contributed by atoms with Gasteiger partial charge in [-0.25, -0.2) is 14.6 Å². The van der Waals surface area contributed by atoms with Crippen molar-refractivity contribution >= 4 is 11.6 Å². The Morgan fingerprint density at radius 1 is 1.41 bits per heavy atom. The van der Waals surface area contributed by atoms with Crippen molar-refractivity contribution in [2.75, 3.05) is 14.1 Å². The zero-order valence-electron chi connectivity index (χ0n) is 10.1. The predicted molar refractivity (Wildman–Crippen MR) is 66.3 cm³/mol. The van der Waals surface area contributed by atoms with Gasteiger partial charge in [-0.3, -0.25) is 0 Å². The van der Waals surface area contributed by atoms with E-state index in [4.69, 9.17) is 11.6 Å². The van der Waals surface area contributed by atoms with Crippen LogP contribution in [0.15, 0.2) is 18.7 Å². The summed E-state index contributed by atoms with van der Waals surface area (Å²) in [6, 6.07) is 0. The van der Waals surface area contributed by atoms with E-state index in [1.807, 2.05) is 27.2 Å². The van der Waals surface area contributed by atoms with E-state index >= 15 is 0 Å². The Hall–Kier alpha value is -1.46. The predicted octanol–water partition coefficient (Wildman–Crippen LogP) is 1.69. The lowest BCUT2D eigenvalue weighted by molar-refractivity contribution is 0.401. The Bertz CT molecular complexity index is 520. The first kappa shape index (κ1) is 12.0. The minimum Gasteiger partial charge on any atom is -0.305 e. The molecule has 0 radical (unpaired) electrons. The summed E-state index contributed by atoms with van der Waals surface area (Å²) < 4.78 is 1.69. The van der Waals surface area contributed by atoms with Gasteiger partial charge in [-0.05, 0) is 21.0 Å². The van der Waals surface area contributed by atoms with Gasteiger partial charge in [0.15, 0.2) is 5.82 Å². The molecular formula is C11H14ClN5. The van der Waals surface area contributed by atoms with E-state index in [-0.39, 0.29) is 0 Å². The average Bonchev–Trinajstić information content (AvgIpc) is 2.60. The summed E-state index contributed by atoms with van der Waals surface area (Å²) in [5.41, 5.74) is 2.14. The highest BCUT2D eigenvalue weighted by atomic mass is 35.5. The fourth-order valence-electron chi connectivity index (χ4n) is 1.57. The zero-order valence-corrected chi connectivity index (χ0v) is 10.8. The lowest BCUT2D eigenvalue weighted by atomic mass is 10.2. The molecule has 5 nitrogen and oxygen atoms in total. The number of nitrogens with zero attached hydrogens (tertiary/aromatic N) is 5. The van der Waals surface area contributed by atoms with Crippen molar-refractivity contribution < 1.29 is 0 Å². The van der Waals surface area contributed by atoms with Crippen LogP contribution in [0.2, 0.25) is 5.02 Å². The van der Waals surface area contributed by atoms with Crippen LogP contribution in [0.3, 0.4) is 0 Å². The third kappa shape index (κ3) is 2.62. The number of hydrogen-bond acceptors (Lipinski definition) is 4. The molecule has 0 bridgehead atoms. The number of rotatable bonds is 3. The van der Waals surface area contributed by atoms with Crippen LogP contribution in [-0.4, -0.2) is 38.7 Å². The Morgan fingerprint density at radius 2 is 2.18 bits per heavy atom. The summed E-state index contributed by atoms with van der Waals surface area (Å²) in [5, 5.41) is 4.90. The SMILES string of the molecule is Cc1nn(-c2ncncc2Cl)cc1CN(C)C. The summed E-state index contributed by atoms with van der Waals surface area (Å²) in [5.74, 6) is 0.606.